The number of hydrogen-bond acceptors (Lipinski definition) is 3. The molecule has 0 saturated heterocycles. The molecule has 0 atom stereocenters. The highest BCUT2D eigenvalue weighted by Gasteiger charge is 2.10. The van der Waals surface area contributed by atoms with Crippen molar-refractivity contribution in [2.45, 2.75) is 0 Å². The minimum Gasteiger partial charge on any atom is -0.438 e. The lowest BCUT2D eigenvalue weighted by atomic mass is 10.2. The number of halogens is 2. The van der Waals surface area contributed by atoms with Gasteiger partial charge in [-0.2, -0.15) is 0 Å². The summed E-state index contributed by atoms with van der Waals surface area (Å²) in [7, 11) is 3.33. The molecule has 0 aliphatic rings. The Bertz CT molecular complexity index is 630. The molecule has 20 heavy (non-hydrogen) atoms. The number of pyridine rings is 1. The quantitative estimate of drug-likeness (QED) is 0.860. The topological polar surface area (TPSA) is 42.4 Å². The van der Waals surface area contributed by atoms with Gasteiger partial charge in [0.1, 0.15) is 11.6 Å². The fourth-order valence-electron chi connectivity index (χ4n) is 1.49. The van der Waals surface area contributed by atoms with E-state index in [9.17, 15) is 9.18 Å². The number of nitrogens with zero attached hydrogens (tertiary/aromatic N) is 2. The molecule has 2 aromatic rings. The molecule has 0 bridgehead atoms. The van der Waals surface area contributed by atoms with Gasteiger partial charge in [0.25, 0.3) is 5.91 Å². The molecular formula is C14H12BrFN2O2. The van der Waals surface area contributed by atoms with Crippen molar-refractivity contribution in [3.8, 4) is 11.6 Å². The lowest BCUT2D eigenvalue weighted by molar-refractivity contribution is 0.0827. The van der Waals surface area contributed by atoms with Crippen LogP contribution in [-0.4, -0.2) is 29.9 Å². The Morgan fingerprint density at radius 3 is 2.65 bits per heavy atom. The first-order valence-corrected chi connectivity index (χ1v) is 6.57. The van der Waals surface area contributed by atoms with Gasteiger partial charge in [0, 0.05) is 32.4 Å². The van der Waals surface area contributed by atoms with E-state index in [0.717, 1.165) is 0 Å². The van der Waals surface area contributed by atoms with Gasteiger partial charge in [0.2, 0.25) is 5.88 Å². The Hall–Kier alpha value is -1.95. The third-order valence-electron chi connectivity index (χ3n) is 2.50. The fraction of sp³-hybridized carbons (Fsp3) is 0.143. The van der Waals surface area contributed by atoms with Crippen LogP contribution in [0.3, 0.4) is 0 Å². The molecule has 1 amide bonds. The van der Waals surface area contributed by atoms with Crippen molar-refractivity contribution in [2.75, 3.05) is 14.1 Å². The predicted octanol–water partition coefficient (Wildman–Crippen LogP) is 3.48. The maximum absolute atomic E-state index is 13.1. The van der Waals surface area contributed by atoms with Gasteiger partial charge in [-0.25, -0.2) is 9.37 Å². The molecule has 0 aliphatic carbocycles. The highest BCUT2D eigenvalue weighted by Crippen LogP contribution is 2.29. The monoisotopic (exact) mass is 338 g/mol. The summed E-state index contributed by atoms with van der Waals surface area (Å²) >= 11 is 3.26. The largest absolute Gasteiger partial charge is 0.438 e. The molecule has 1 heterocycles. The van der Waals surface area contributed by atoms with Gasteiger partial charge in [-0.15, -0.1) is 0 Å². The van der Waals surface area contributed by atoms with Crippen molar-refractivity contribution in [1.29, 1.82) is 0 Å². The predicted molar refractivity (Wildman–Crippen MR) is 76.4 cm³/mol. The second-order valence-corrected chi connectivity index (χ2v) is 5.12. The van der Waals surface area contributed by atoms with Gasteiger partial charge in [-0.3, -0.25) is 4.79 Å². The van der Waals surface area contributed by atoms with Gasteiger partial charge in [-0.1, -0.05) is 0 Å². The van der Waals surface area contributed by atoms with Crippen molar-refractivity contribution in [1.82, 2.24) is 9.88 Å². The van der Waals surface area contributed by atoms with Gasteiger partial charge in [0.15, 0.2) is 0 Å². The van der Waals surface area contributed by atoms with Crippen LogP contribution in [0.2, 0.25) is 0 Å². The van der Waals surface area contributed by atoms with Gasteiger partial charge < -0.3 is 9.64 Å². The molecule has 0 saturated carbocycles. The molecular weight excluding hydrogens is 327 g/mol. The summed E-state index contributed by atoms with van der Waals surface area (Å²) in [5, 5.41) is 0. The van der Waals surface area contributed by atoms with Gasteiger partial charge >= 0.3 is 0 Å². The molecule has 0 spiro atoms. The second-order valence-electron chi connectivity index (χ2n) is 4.26. The summed E-state index contributed by atoms with van der Waals surface area (Å²) in [4.78, 5) is 17.2. The van der Waals surface area contributed by atoms with Crippen LogP contribution in [0, 0.1) is 5.82 Å². The molecule has 2 rings (SSSR count). The fourth-order valence-corrected chi connectivity index (χ4v) is 1.82. The third-order valence-corrected chi connectivity index (χ3v) is 3.15. The molecule has 0 unspecified atom stereocenters. The summed E-state index contributed by atoms with van der Waals surface area (Å²) in [6, 6.07) is 7.30. The molecule has 1 aromatic carbocycles. The lowest BCUT2D eigenvalue weighted by Crippen LogP contribution is -2.21. The van der Waals surface area contributed by atoms with E-state index in [-0.39, 0.29) is 11.8 Å². The average Bonchev–Trinajstić information content (AvgIpc) is 2.43. The van der Waals surface area contributed by atoms with E-state index in [1.165, 1.54) is 23.2 Å². The van der Waals surface area contributed by atoms with E-state index >= 15 is 0 Å². The van der Waals surface area contributed by atoms with Crippen LogP contribution in [0.5, 0.6) is 11.6 Å². The lowest BCUT2D eigenvalue weighted by Gasteiger charge is -2.10. The second kappa shape index (κ2) is 6.00. The smallest absolute Gasteiger partial charge is 0.254 e. The van der Waals surface area contributed by atoms with Crippen molar-refractivity contribution >= 4 is 21.8 Å². The van der Waals surface area contributed by atoms with E-state index in [2.05, 4.69) is 20.9 Å². The van der Waals surface area contributed by atoms with Crippen LogP contribution in [0.25, 0.3) is 0 Å². The molecule has 0 radical (unpaired) electrons. The minimum absolute atomic E-state index is 0.143. The first-order chi connectivity index (χ1) is 9.47. The van der Waals surface area contributed by atoms with E-state index in [1.807, 2.05) is 0 Å². The van der Waals surface area contributed by atoms with E-state index in [1.54, 1.807) is 32.3 Å². The Morgan fingerprint density at radius 2 is 2.05 bits per heavy atom. The Kier molecular flexibility index (Phi) is 4.34. The first kappa shape index (κ1) is 14.5. The number of benzene rings is 1. The SMILES string of the molecule is CN(C)C(=O)c1ccc(Oc2cc(F)ccc2Br)nc1. The van der Waals surface area contributed by atoms with Crippen LogP contribution in [0.4, 0.5) is 4.39 Å². The van der Waals surface area contributed by atoms with Crippen LogP contribution >= 0.6 is 15.9 Å². The normalized spacial score (nSPS) is 10.2. The van der Waals surface area contributed by atoms with Crippen LogP contribution in [0.15, 0.2) is 41.0 Å². The van der Waals surface area contributed by atoms with Crippen LogP contribution < -0.4 is 4.74 Å². The van der Waals surface area contributed by atoms with Crippen LogP contribution in [0.1, 0.15) is 10.4 Å². The maximum Gasteiger partial charge on any atom is 0.254 e. The van der Waals surface area contributed by atoms with Gasteiger partial charge in [0.05, 0.1) is 10.0 Å². The zero-order valence-corrected chi connectivity index (χ0v) is 12.5. The summed E-state index contributed by atoms with van der Waals surface area (Å²) in [6.45, 7) is 0. The molecule has 1 aromatic heterocycles. The summed E-state index contributed by atoms with van der Waals surface area (Å²) < 4.78 is 19.2. The number of rotatable bonds is 3. The van der Waals surface area contributed by atoms with Gasteiger partial charge in [-0.05, 0) is 34.1 Å². The van der Waals surface area contributed by atoms with E-state index < -0.39 is 5.82 Å². The van der Waals surface area contributed by atoms with Crippen LogP contribution in [-0.2, 0) is 0 Å². The van der Waals surface area contributed by atoms with E-state index in [0.29, 0.717) is 15.8 Å². The van der Waals surface area contributed by atoms with Crippen molar-refractivity contribution in [3.05, 3.63) is 52.4 Å². The molecule has 6 heteroatoms. The summed E-state index contributed by atoms with van der Waals surface area (Å²) in [5.41, 5.74) is 0.459. The van der Waals surface area contributed by atoms with Crippen molar-refractivity contribution in [3.63, 3.8) is 0 Å². The summed E-state index contributed by atoms with van der Waals surface area (Å²) in [6.07, 6.45) is 1.42. The Labute approximate surface area is 124 Å². The molecule has 4 nitrogen and oxygen atoms in total. The highest BCUT2D eigenvalue weighted by molar-refractivity contribution is 9.10. The Morgan fingerprint density at radius 1 is 1.30 bits per heavy atom. The molecule has 104 valence electrons. The number of carbonyl (C=O) groups excluding carboxylic acids is 1. The third kappa shape index (κ3) is 3.33. The van der Waals surface area contributed by atoms with Crippen molar-refractivity contribution in [2.24, 2.45) is 0 Å². The zero-order valence-electron chi connectivity index (χ0n) is 10.9. The number of aromatic nitrogens is 1. The zero-order chi connectivity index (χ0) is 14.7. The highest BCUT2D eigenvalue weighted by atomic mass is 79.9. The van der Waals surface area contributed by atoms with E-state index in [4.69, 9.17) is 4.74 Å². The average molecular weight is 339 g/mol. The standard InChI is InChI=1S/C14H12BrFN2O2/c1-18(2)14(19)9-3-6-13(17-8-9)20-12-7-10(16)4-5-11(12)15/h3-8H,1-2H3. The van der Waals surface area contributed by atoms with Crippen molar-refractivity contribution < 1.29 is 13.9 Å². The first-order valence-electron chi connectivity index (χ1n) is 5.78. The number of ether oxygens (including phenoxy) is 1. The Balaban J connectivity index is 2.19. The molecule has 0 aliphatic heterocycles. The number of carbonyl (C=O) groups is 1. The minimum atomic E-state index is -0.400. The number of amides is 1. The molecule has 0 N–H and O–H groups in total. The molecule has 0 fully saturated rings. The number of hydrogen-bond donors (Lipinski definition) is 0. The summed E-state index contributed by atoms with van der Waals surface area (Å²) in [5.74, 6) is 0.0642. The maximum atomic E-state index is 13.1.